The molecule has 2 amide bonds. The van der Waals surface area contributed by atoms with E-state index >= 15 is 0 Å². The van der Waals surface area contributed by atoms with E-state index < -0.39 is 0 Å². The standard InChI is InChI=1S/C14H28N4O/c1-3-16(4-2)9-10-17-11-12-18(14(17)19)13-5-7-15-8-6-13/h13,15H,3-12H2,1-2H3. The van der Waals surface area contributed by atoms with E-state index in [0.29, 0.717) is 6.04 Å². The van der Waals surface area contributed by atoms with Gasteiger partial charge in [-0.05, 0) is 39.0 Å². The van der Waals surface area contributed by atoms with Gasteiger partial charge in [0.15, 0.2) is 0 Å². The van der Waals surface area contributed by atoms with Crippen LogP contribution in [0, 0.1) is 0 Å². The number of urea groups is 1. The number of nitrogens with zero attached hydrogens (tertiary/aromatic N) is 3. The van der Waals surface area contributed by atoms with Gasteiger partial charge in [-0.25, -0.2) is 4.79 Å². The molecule has 0 spiro atoms. The van der Waals surface area contributed by atoms with Crippen molar-refractivity contribution >= 4 is 6.03 Å². The highest BCUT2D eigenvalue weighted by molar-refractivity contribution is 5.76. The summed E-state index contributed by atoms with van der Waals surface area (Å²) in [7, 11) is 0. The smallest absolute Gasteiger partial charge is 0.320 e. The van der Waals surface area contributed by atoms with Crippen LogP contribution in [0.3, 0.4) is 0 Å². The topological polar surface area (TPSA) is 38.8 Å². The lowest BCUT2D eigenvalue weighted by molar-refractivity contribution is 0.161. The summed E-state index contributed by atoms with van der Waals surface area (Å²) in [5.74, 6) is 0. The Morgan fingerprint density at radius 3 is 2.53 bits per heavy atom. The van der Waals surface area contributed by atoms with Crippen LogP contribution in [0.15, 0.2) is 0 Å². The third kappa shape index (κ3) is 3.60. The minimum atomic E-state index is 0.263. The first-order chi connectivity index (χ1) is 9.26. The molecule has 0 bridgehead atoms. The van der Waals surface area contributed by atoms with Gasteiger partial charge in [-0.15, -0.1) is 0 Å². The third-order valence-corrected chi connectivity index (χ3v) is 4.46. The molecule has 5 nitrogen and oxygen atoms in total. The number of carbonyl (C=O) groups excluding carboxylic acids is 1. The second-order valence-corrected chi connectivity index (χ2v) is 5.47. The van der Waals surface area contributed by atoms with Crippen molar-refractivity contribution in [2.24, 2.45) is 0 Å². The Kier molecular flexibility index (Phi) is 5.45. The number of carbonyl (C=O) groups is 1. The maximum absolute atomic E-state index is 12.4. The number of hydrogen-bond donors (Lipinski definition) is 1. The van der Waals surface area contributed by atoms with Crippen molar-refractivity contribution in [3.8, 4) is 0 Å². The van der Waals surface area contributed by atoms with E-state index in [1.165, 1.54) is 0 Å². The highest BCUT2D eigenvalue weighted by Crippen LogP contribution is 2.18. The van der Waals surface area contributed by atoms with Crippen molar-refractivity contribution in [3.63, 3.8) is 0 Å². The first kappa shape index (κ1) is 14.6. The molecule has 5 heteroatoms. The van der Waals surface area contributed by atoms with E-state index in [9.17, 15) is 4.79 Å². The van der Waals surface area contributed by atoms with E-state index in [1.807, 2.05) is 4.90 Å². The Labute approximate surface area is 116 Å². The van der Waals surface area contributed by atoms with Crippen molar-refractivity contribution < 1.29 is 4.79 Å². The van der Waals surface area contributed by atoms with Gasteiger partial charge in [0, 0.05) is 32.2 Å². The van der Waals surface area contributed by atoms with Crippen LogP contribution in [0.2, 0.25) is 0 Å². The Bertz CT molecular complexity index is 287. The Morgan fingerprint density at radius 2 is 1.89 bits per heavy atom. The summed E-state index contributed by atoms with van der Waals surface area (Å²) >= 11 is 0. The zero-order valence-electron chi connectivity index (χ0n) is 12.4. The van der Waals surface area contributed by atoms with Crippen LogP contribution in [0.4, 0.5) is 4.79 Å². The molecular weight excluding hydrogens is 240 g/mol. The number of amides is 2. The lowest BCUT2D eigenvalue weighted by Gasteiger charge is -2.31. The number of piperidine rings is 1. The molecule has 0 aliphatic carbocycles. The molecule has 2 fully saturated rings. The Hall–Kier alpha value is -0.810. The van der Waals surface area contributed by atoms with Crippen molar-refractivity contribution in [2.45, 2.75) is 32.7 Å². The molecule has 0 aromatic heterocycles. The predicted molar refractivity (Wildman–Crippen MR) is 77.4 cm³/mol. The summed E-state index contributed by atoms with van der Waals surface area (Å²) in [5.41, 5.74) is 0. The zero-order valence-corrected chi connectivity index (χ0v) is 12.4. The zero-order chi connectivity index (χ0) is 13.7. The van der Waals surface area contributed by atoms with Crippen LogP contribution in [0.1, 0.15) is 26.7 Å². The average Bonchev–Trinajstić information content (AvgIpc) is 2.82. The maximum atomic E-state index is 12.4. The second-order valence-electron chi connectivity index (χ2n) is 5.47. The van der Waals surface area contributed by atoms with Gasteiger partial charge in [0.05, 0.1) is 0 Å². The largest absolute Gasteiger partial charge is 0.322 e. The lowest BCUT2D eigenvalue weighted by atomic mass is 10.1. The number of rotatable bonds is 6. The molecule has 19 heavy (non-hydrogen) atoms. The maximum Gasteiger partial charge on any atom is 0.320 e. The van der Waals surface area contributed by atoms with Crippen LogP contribution >= 0.6 is 0 Å². The summed E-state index contributed by atoms with van der Waals surface area (Å²) in [4.78, 5) is 18.9. The molecule has 1 N–H and O–H groups in total. The van der Waals surface area contributed by atoms with Gasteiger partial charge >= 0.3 is 6.03 Å². The van der Waals surface area contributed by atoms with Crippen LogP contribution < -0.4 is 5.32 Å². The molecule has 0 aromatic rings. The lowest BCUT2D eigenvalue weighted by Crippen LogP contribution is -2.45. The molecule has 0 atom stereocenters. The number of hydrogen-bond acceptors (Lipinski definition) is 3. The Morgan fingerprint density at radius 1 is 1.21 bits per heavy atom. The Balaban J connectivity index is 1.80. The summed E-state index contributed by atoms with van der Waals surface area (Å²) in [6, 6.07) is 0.728. The van der Waals surface area contributed by atoms with E-state index in [-0.39, 0.29) is 6.03 Å². The van der Waals surface area contributed by atoms with Crippen LogP contribution in [0.25, 0.3) is 0 Å². The predicted octanol–water partition coefficient (Wildman–Crippen LogP) is 0.818. The van der Waals surface area contributed by atoms with Crippen LogP contribution in [0.5, 0.6) is 0 Å². The molecule has 0 radical (unpaired) electrons. The average molecular weight is 268 g/mol. The molecule has 0 aromatic carbocycles. The molecule has 0 saturated carbocycles. The SMILES string of the molecule is CCN(CC)CCN1CCN(C2CCNCC2)C1=O. The van der Waals surface area contributed by atoms with Gasteiger partial charge in [-0.3, -0.25) is 0 Å². The van der Waals surface area contributed by atoms with Gasteiger partial charge in [-0.1, -0.05) is 13.8 Å². The summed E-state index contributed by atoms with van der Waals surface area (Å²) in [6.07, 6.45) is 2.21. The van der Waals surface area contributed by atoms with E-state index in [4.69, 9.17) is 0 Å². The van der Waals surface area contributed by atoms with Crippen LogP contribution in [-0.2, 0) is 0 Å². The van der Waals surface area contributed by atoms with Crippen molar-refractivity contribution in [3.05, 3.63) is 0 Å². The van der Waals surface area contributed by atoms with Crippen LogP contribution in [-0.4, -0.2) is 79.1 Å². The molecule has 2 heterocycles. The minimum absolute atomic E-state index is 0.263. The highest BCUT2D eigenvalue weighted by Gasteiger charge is 2.33. The van der Waals surface area contributed by atoms with Gasteiger partial charge < -0.3 is 20.0 Å². The fourth-order valence-electron chi connectivity index (χ4n) is 3.07. The molecule has 2 saturated heterocycles. The van der Waals surface area contributed by atoms with E-state index in [2.05, 4.69) is 29.0 Å². The fourth-order valence-corrected chi connectivity index (χ4v) is 3.07. The minimum Gasteiger partial charge on any atom is -0.322 e. The van der Waals surface area contributed by atoms with Gasteiger partial charge in [0.25, 0.3) is 0 Å². The molecule has 2 aliphatic heterocycles. The number of nitrogens with one attached hydrogen (secondary N) is 1. The molecule has 2 rings (SSSR count). The molecular formula is C14H28N4O. The van der Waals surface area contributed by atoms with Gasteiger partial charge in [0.1, 0.15) is 0 Å². The van der Waals surface area contributed by atoms with E-state index in [0.717, 1.165) is 65.2 Å². The van der Waals surface area contributed by atoms with Crippen molar-refractivity contribution in [2.75, 3.05) is 52.4 Å². The van der Waals surface area contributed by atoms with Gasteiger partial charge in [-0.2, -0.15) is 0 Å². The monoisotopic (exact) mass is 268 g/mol. The molecule has 110 valence electrons. The number of likely N-dealkylation sites (N-methyl/N-ethyl adjacent to an activating group) is 1. The summed E-state index contributed by atoms with van der Waals surface area (Å²) in [5, 5.41) is 3.36. The third-order valence-electron chi connectivity index (χ3n) is 4.46. The highest BCUT2D eigenvalue weighted by atomic mass is 16.2. The van der Waals surface area contributed by atoms with E-state index in [1.54, 1.807) is 0 Å². The molecule has 0 unspecified atom stereocenters. The van der Waals surface area contributed by atoms with Crippen molar-refractivity contribution in [1.82, 2.24) is 20.0 Å². The first-order valence-corrected chi connectivity index (χ1v) is 7.74. The molecule has 2 aliphatic rings. The second kappa shape index (κ2) is 7.10. The fraction of sp³-hybridized carbons (Fsp3) is 0.929. The summed E-state index contributed by atoms with van der Waals surface area (Å²) in [6.45, 7) is 12.3. The normalized spacial score (nSPS) is 21.7. The van der Waals surface area contributed by atoms with Gasteiger partial charge in [0.2, 0.25) is 0 Å². The first-order valence-electron chi connectivity index (χ1n) is 7.74. The van der Waals surface area contributed by atoms with Crippen molar-refractivity contribution in [1.29, 1.82) is 0 Å². The summed E-state index contributed by atoms with van der Waals surface area (Å²) < 4.78 is 0. The quantitative estimate of drug-likeness (QED) is 0.775.